The number of nitrogens with zero attached hydrogens (tertiary/aromatic N) is 4. The van der Waals surface area contributed by atoms with E-state index in [1.54, 1.807) is 6.20 Å². The quantitative estimate of drug-likeness (QED) is 0.719. The summed E-state index contributed by atoms with van der Waals surface area (Å²) in [6.45, 7) is 6.93. The van der Waals surface area contributed by atoms with E-state index in [2.05, 4.69) is 14.8 Å². The molecular formula is C24H36N4O3. The third-order valence-electron chi connectivity index (χ3n) is 7.51. The van der Waals surface area contributed by atoms with Crippen LogP contribution in [0.4, 0.5) is 5.82 Å². The topological polar surface area (TPSA) is 58.1 Å². The Bertz CT molecular complexity index is 717. The molecule has 1 saturated carbocycles. The molecule has 1 aromatic heterocycles. The maximum Gasteiger partial charge on any atom is 0.255 e. The van der Waals surface area contributed by atoms with Crippen LogP contribution < -0.4 is 4.90 Å². The van der Waals surface area contributed by atoms with Crippen LogP contribution in [0.3, 0.4) is 0 Å². The summed E-state index contributed by atoms with van der Waals surface area (Å²) in [5.74, 6) is 1.02. The molecule has 5 rings (SSSR count). The Morgan fingerprint density at radius 2 is 1.58 bits per heavy atom. The van der Waals surface area contributed by atoms with Crippen molar-refractivity contribution in [1.29, 1.82) is 0 Å². The van der Waals surface area contributed by atoms with Gasteiger partial charge in [0.1, 0.15) is 5.82 Å². The van der Waals surface area contributed by atoms with Crippen LogP contribution in [0.2, 0.25) is 0 Å². The first-order valence-electron chi connectivity index (χ1n) is 12.2. The van der Waals surface area contributed by atoms with Crippen molar-refractivity contribution in [3.8, 4) is 0 Å². The van der Waals surface area contributed by atoms with Crippen LogP contribution in [0.15, 0.2) is 18.3 Å². The number of anilines is 1. The zero-order valence-electron chi connectivity index (χ0n) is 18.6. The van der Waals surface area contributed by atoms with Crippen molar-refractivity contribution in [1.82, 2.24) is 14.8 Å². The molecule has 0 bridgehead atoms. The molecule has 1 aromatic rings. The largest absolute Gasteiger partial charge is 0.378 e. The highest BCUT2D eigenvalue weighted by atomic mass is 16.5. The molecule has 0 atom stereocenters. The number of piperidine rings is 2. The number of ether oxygens (including phenoxy) is 2. The van der Waals surface area contributed by atoms with E-state index >= 15 is 0 Å². The summed E-state index contributed by atoms with van der Waals surface area (Å²) < 4.78 is 11.8. The van der Waals surface area contributed by atoms with Crippen molar-refractivity contribution in [3.05, 3.63) is 23.9 Å². The molecule has 1 amide bonds. The Balaban J connectivity index is 1.06. The van der Waals surface area contributed by atoms with Gasteiger partial charge in [0.25, 0.3) is 5.91 Å². The van der Waals surface area contributed by atoms with E-state index in [0.717, 1.165) is 37.8 Å². The van der Waals surface area contributed by atoms with Crippen molar-refractivity contribution in [2.24, 2.45) is 0 Å². The Morgan fingerprint density at radius 3 is 2.16 bits per heavy atom. The first-order valence-corrected chi connectivity index (χ1v) is 12.2. The van der Waals surface area contributed by atoms with E-state index in [9.17, 15) is 4.79 Å². The molecule has 4 aliphatic rings. The van der Waals surface area contributed by atoms with Gasteiger partial charge < -0.3 is 24.2 Å². The average Bonchev–Trinajstić information content (AvgIpc) is 2.80. The van der Waals surface area contributed by atoms with Gasteiger partial charge in [-0.25, -0.2) is 4.98 Å². The average molecular weight is 429 g/mol. The van der Waals surface area contributed by atoms with Gasteiger partial charge in [-0.15, -0.1) is 0 Å². The van der Waals surface area contributed by atoms with Crippen molar-refractivity contribution < 1.29 is 14.3 Å². The number of carbonyl (C=O) groups excluding carboxylic acids is 1. The van der Waals surface area contributed by atoms with Crippen LogP contribution >= 0.6 is 0 Å². The molecular weight excluding hydrogens is 392 g/mol. The normalized spacial score (nSPS) is 24.9. The summed E-state index contributed by atoms with van der Waals surface area (Å²) in [6.07, 6.45) is 11.3. The third kappa shape index (κ3) is 5.04. The van der Waals surface area contributed by atoms with Gasteiger partial charge in [-0.2, -0.15) is 0 Å². The van der Waals surface area contributed by atoms with Crippen LogP contribution in [0.25, 0.3) is 0 Å². The molecule has 1 aliphatic carbocycles. The fourth-order valence-corrected chi connectivity index (χ4v) is 5.27. The van der Waals surface area contributed by atoms with Gasteiger partial charge in [0.05, 0.1) is 31.0 Å². The van der Waals surface area contributed by atoms with Crippen LogP contribution in [0, 0.1) is 0 Å². The SMILES string of the molecule is O=C(c1ccc(N2CCC(OC3CCN(C4CCC4)CC3)CC2)nc1)N1CCOCC1. The fourth-order valence-electron chi connectivity index (χ4n) is 5.27. The van der Waals surface area contributed by atoms with Gasteiger partial charge in [0, 0.05) is 51.5 Å². The number of pyridine rings is 1. The summed E-state index contributed by atoms with van der Waals surface area (Å²) in [5, 5.41) is 0. The van der Waals surface area contributed by atoms with Crippen LogP contribution in [-0.4, -0.2) is 91.4 Å². The lowest BCUT2D eigenvalue weighted by molar-refractivity contribution is -0.0598. The highest BCUT2D eigenvalue weighted by Gasteiger charge is 2.31. The first kappa shape index (κ1) is 21.2. The lowest BCUT2D eigenvalue weighted by Gasteiger charge is -2.42. The molecule has 4 heterocycles. The van der Waals surface area contributed by atoms with Gasteiger partial charge in [0.2, 0.25) is 0 Å². The van der Waals surface area contributed by atoms with Gasteiger partial charge in [-0.3, -0.25) is 4.79 Å². The highest BCUT2D eigenvalue weighted by Crippen LogP contribution is 2.29. The second-order valence-corrected chi connectivity index (χ2v) is 9.45. The van der Waals surface area contributed by atoms with Crippen LogP contribution in [0.5, 0.6) is 0 Å². The standard InChI is InChI=1S/C24H36N4O3/c29-24(28-14-16-30-17-15-28)19-4-5-23(25-18-19)27-12-8-22(9-13-27)31-21-6-10-26(11-7-21)20-2-1-3-20/h4-5,18,20-22H,1-3,6-17H2. The number of hydrogen-bond acceptors (Lipinski definition) is 6. The van der Waals surface area contributed by atoms with Crippen molar-refractivity contribution >= 4 is 11.7 Å². The minimum Gasteiger partial charge on any atom is -0.378 e. The van der Waals surface area contributed by atoms with E-state index in [1.165, 1.54) is 45.2 Å². The molecule has 0 N–H and O–H groups in total. The summed E-state index contributed by atoms with van der Waals surface area (Å²) in [4.78, 5) is 24.0. The van der Waals surface area contributed by atoms with Gasteiger partial charge >= 0.3 is 0 Å². The molecule has 0 unspecified atom stereocenters. The molecule has 3 aliphatic heterocycles. The fraction of sp³-hybridized carbons (Fsp3) is 0.750. The highest BCUT2D eigenvalue weighted by molar-refractivity contribution is 5.94. The first-order chi connectivity index (χ1) is 15.3. The Hall–Kier alpha value is -1.70. The number of carbonyl (C=O) groups is 1. The molecule has 7 nitrogen and oxygen atoms in total. The molecule has 4 fully saturated rings. The summed E-state index contributed by atoms with van der Waals surface area (Å²) >= 11 is 0. The molecule has 170 valence electrons. The summed E-state index contributed by atoms with van der Waals surface area (Å²) in [7, 11) is 0. The van der Waals surface area contributed by atoms with Crippen molar-refractivity contribution in [2.75, 3.05) is 57.4 Å². The monoisotopic (exact) mass is 428 g/mol. The Morgan fingerprint density at radius 1 is 0.903 bits per heavy atom. The number of aromatic nitrogens is 1. The number of likely N-dealkylation sites (tertiary alicyclic amines) is 1. The summed E-state index contributed by atoms with van der Waals surface area (Å²) in [5.41, 5.74) is 0.664. The van der Waals surface area contributed by atoms with Crippen molar-refractivity contribution in [3.63, 3.8) is 0 Å². The van der Waals surface area contributed by atoms with Crippen molar-refractivity contribution in [2.45, 2.75) is 63.2 Å². The van der Waals surface area contributed by atoms with E-state index in [0.29, 0.717) is 44.1 Å². The zero-order chi connectivity index (χ0) is 21.0. The minimum absolute atomic E-state index is 0.0535. The Kier molecular flexibility index (Phi) is 6.72. The lowest BCUT2D eigenvalue weighted by Crippen LogP contribution is -2.47. The number of hydrogen-bond donors (Lipinski definition) is 0. The number of morpholine rings is 1. The smallest absolute Gasteiger partial charge is 0.255 e. The van der Waals surface area contributed by atoms with Gasteiger partial charge in [-0.05, 0) is 50.7 Å². The van der Waals surface area contributed by atoms with E-state index in [1.807, 2.05) is 17.0 Å². The molecule has 3 saturated heterocycles. The van der Waals surface area contributed by atoms with E-state index < -0.39 is 0 Å². The zero-order valence-corrected chi connectivity index (χ0v) is 18.6. The minimum atomic E-state index is 0.0535. The van der Waals surface area contributed by atoms with E-state index in [-0.39, 0.29) is 5.91 Å². The third-order valence-corrected chi connectivity index (χ3v) is 7.51. The van der Waals surface area contributed by atoms with E-state index in [4.69, 9.17) is 9.47 Å². The molecule has 0 radical (unpaired) electrons. The second-order valence-electron chi connectivity index (χ2n) is 9.45. The maximum atomic E-state index is 12.6. The molecule has 0 spiro atoms. The molecule has 0 aromatic carbocycles. The van der Waals surface area contributed by atoms with Crippen LogP contribution in [-0.2, 0) is 9.47 Å². The number of rotatable bonds is 5. The molecule has 7 heteroatoms. The Labute approximate surface area is 185 Å². The van der Waals surface area contributed by atoms with Gasteiger partial charge in [0.15, 0.2) is 0 Å². The predicted octanol–water partition coefficient (Wildman–Crippen LogP) is 2.56. The van der Waals surface area contributed by atoms with Gasteiger partial charge in [-0.1, -0.05) is 6.42 Å². The second kappa shape index (κ2) is 9.84. The summed E-state index contributed by atoms with van der Waals surface area (Å²) in [6, 6.07) is 4.77. The maximum absolute atomic E-state index is 12.6. The number of amides is 1. The molecule has 31 heavy (non-hydrogen) atoms. The predicted molar refractivity (Wildman–Crippen MR) is 120 cm³/mol. The lowest BCUT2D eigenvalue weighted by atomic mass is 9.89. The van der Waals surface area contributed by atoms with Crippen LogP contribution in [0.1, 0.15) is 55.3 Å².